The lowest BCUT2D eigenvalue weighted by atomic mass is 9.85. The van der Waals surface area contributed by atoms with Crippen LogP contribution in [0.1, 0.15) is 40.0 Å². The first-order valence-electron chi connectivity index (χ1n) is 8.84. The average Bonchev–Trinajstić information content (AvgIpc) is 3.12. The first-order chi connectivity index (χ1) is 11.3. The van der Waals surface area contributed by atoms with Gasteiger partial charge in [-0.3, -0.25) is 4.90 Å². The molecule has 5 atom stereocenters. The van der Waals surface area contributed by atoms with Gasteiger partial charge in [0.05, 0.1) is 12.6 Å². The highest BCUT2D eigenvalue weighted by Crippen LogP contribution is 2.36. The number of carbonyl (C=O) groups is 2. The molecular weight excluding hydrogens is 310 g/mol. The van der Waals surface area contributed by atoms with Crippen molar-refractivity contribution in [3.8, 4) is 0 Å². The smallest absolute Gasteiger partial charge is 0.338 e. The van der Waals surface area contributed by atoms with Crippen LogP contribution < -0.4 is 0 Å². The molecule has 3 rings (SSSR count). The lowest BCUT2D eigenvalue weighted by Gasteiger charge is -2.32. The van der Waals surface area contributed by atoms with E-state index in [1.54, 1.807) is 19.9 Å². The predicted octanol–water partition coefficient (Wildman–Crippen LogP) is 1.27. The van der Waals surface area contributed by atoms with E-state index in [2.05, 4.69) is 4.90 Å². The average molecular weight is 337 g/mol. The topological polar surface area (TPSA) is 76.1 Å². The molecule has 3 fully saturated rings. The Morgan fingerprint density at radius 3 is 2.71 bits per heavy atom. The summed E-state index contributed by atoms with van der Waals surface area (Å²) in [5, 5.41) is 10.6. The summed E-state index contributed by atoms with van der Waals surface area (Å²) in [5.41, 5.74) is -1.12. The van der Waals surface area contributed by atoms with Gasteiger partial charge in [0, 0.05) is 18.0 Å². The molecule has 5 unspecified atom stereocenters. The van der Waals surface area contributed by atoms with Crippen LogP contribution >= 0.6 is 0 Å². The molecule has 0 radical (unpaired) electrons. The van der Waals surface area contributed by atoms with Crippen LogP contribution in [0.25, 0.3) is 0 Å². The molecule has 0 spiro atoms. The minimum absolute atomic E-state index is 0.113. The van der Waals surface area contributed by atoms with Crippen LogP contribution in [0.2, 0.25) is 0 Å². The number of ether oxygens (including phenoxy) is 2. The number of hydrogen-bond donors (Lipinski definition) is 1. The number of esters is 2. The quantitative estimate of drug-likeness (QED) is 0.530. The Morgan fingerprint density at radius 2 is 2.00 bits per heavy atom. The normalized spacial score (nSPS) is 42.9. The molecule has 6 heteroatoms. The third-order valence-corrected chi connectivity index (χ3v) is 5.97. The van der Waals surface area contributed by atoms with E-state index in [-0.39, 0.29) is 37.1 Å². The summed E-state index contributed by atoms with van der Waals surface area (Å²) < 4.78 is 11.3. The first kappa shape index (κ1) is 17.4. The minimum Gasteiger partial charge on any atom is -0.463 e. The number of aliphatic hydroxyl groups is 1. The molecule has 0 bridgehead atoms. The Kier molecular flexibility index (Phi) is 4.71. The van der Waals surface area contributed by atoms with Crippen LogP contribution in [-0.4, -0.2) is 59.4 Å². The molecule has 134 valence electrons. The molecule has 0 aliphatic carbocycles. The van der Waals surface area contributed by atoms with Gasteiger partial charge in [0.1, 0.15) is 6.10 Å². The Labute approximate surface area is 142 Å². The molecule has 24 heavy (non-hydrogen) atoms. The van der Waals surface area contributed by atoms with E-state index in [0.29, 0.717) is 5.57 Å². The minimum atomic E-state index is -1.62. The molecule has 6 nitrogen and oxygen atoms in total. The van der Waals surface area contributed by atoms with Crippen molar-refractivity contribution in [1.82, 2.24) is 4.90 Å². The molecule has 1 N–H and O–H groups in total. The molecule has 0 amide bonds. The van der Waals surface area contributed by atoms with Crippen molar-refractivity contribution in [2.45, 2.75) is 57.8 Å². The predicted molar refractivity (Wildman–Crippen MR) is 87.1 cm³/mol. The molecule has 0 saturated carbocycles. The highest BCUT2D eigenvalue weighted by molar-refractivity contribution is 5.89. The highest BCUT2D eigenvalue weighted by atomic mass is 16.6. The van der Waals surface area contributed by atoms with Crippen molar-refractivity contribution in [2.75, 3.05) is 19.7 Å². The monoisotopic (exact) mass is 337 g/mol. The van der Waals surface area contributed by atoms with Gasteiger partial charge >= 0.3 is 11.9 Å². The van der Waals surface area contributed by atoms with Crippen LogP contribution in [0.3, 0.4) is 0 Å². The second-order valence-electron chi connectivity index (χ2n) is 7.47. The summed E-state index contributed by atoms with van der Waals surface area (Å²) in [6.07, 6.45) is 3.59. The number of cyclic esters (lactones) is 1. The van der Waals surface area contributed by atoms with Crippen molar-refractivity contribution in [2.24, 2.45) is 11.8 Å². The molecule has 0 aromatic rings. The van der Waals surface area contributed by atoms with Gasteiger partial charge in [-0.05, 0) is 45.6 Å². The molecule has 3 aliphatic rings. The van der Waals surface area contributed by atoms with E-state index in [4.69, 9.17) is 9.47 Å². The van der Waals surface area contributed by atoms with Gasteiger partial charge in [-0.15, -0.1) is 0 Å². The number of nitrogens with zero attached hydrogens (tertiary/aromatic N) is 1. The van der Waals surface area contributed by atoms with Gasteiger partial charge in [0.15, 0.2) is 5.60 Å². The summed E-state index contributed by atoms with van der Waals surface area (Å²) in [5.74, 6) is -1.23. The standard InChI is InChI=1S/C18H27NO5/c1-4-12-9-11(2)18(3,22)17(21)23-10-13-5-7-19-8-6-14(15(13)19)24-16(12)20/h4,11,13-15,22H,5-10H2,1-3H3/b12-4-. The SMILES string of the molecule is C/C=C1/CC(C)C(C)(O)C(=O)OCC2CCN3CCC(OC1=O)C23. The number of carbonyl (C=O) groups excluding carboxylic acids is 2. The van der Waals surface area contributed by atoms with Crippen LogP contribution in [0.4, 0.5) is 0 Å². The van der Waals surface area contributed by atoms with E-state index in [0.717, 1.165) is 25.9 Å². The zero-order chi connectivity index (χ0) is 17.5. The molecule has 3 aliphatic heterocycles. The van der Waals surface area contributed by atoms with E-state index < -0.39 is 17.5 Å². The summed E-state index contributed by atoms with van der Waals surface area (Å²) >= 11 is 0. The van der Waals surface area contributed by atoms with Crippen LogP contribution in [0, 0.1) is 11.8 Å². The second-order valence-corrected chi connectivity index (χ2v) is 7.47. The Morgan fingerprint density at radius 1 is 1.29 bits per heavy atom. The molecule has 0 aromatic heterocycles. The maximum absolute atomic E-state index is 12.6. The van der Waals surface area contributed by atoms with Crippen molar-refractivity contribution in [3.63, 3.8) is 0 Å². The number of hydrogen-bond acceptors (Lipinski definition) is 6. The van der Waals surface area contributed by atoms with Crippen molar-refractivity contribution in [1.29, 1.82) is 0 Å². The largest absolute Gasteiger partial charge is 0.463 e. The fourth-order valence-corrected chi connectivity index (χ4v) is 4.11. The maximum atomic E-state index is 12.6. The lowest BCUT2D eigenvalue weighted by molar-refractivity contribution is -0.172. The van der Waals surface area contributed by atoms with Gasteiger partial charge in [0.2, 0.25) is 0 Å². The van der Waals surface area contributed by atoms with E-state index >= 15 is 0 Å². The van der Waals surface area contributed by atoms with Gasteiger partial charge in [-0.2, -0.15) is 0 Å². The number of rotatable bonds is 0. The zero-order valence-corrected chi connectivity index (χ0v) is 14.7. The molecule has 3 saturated heterocycles. The lowest BCUT2D eigenvalue weighted by Crippen LogP contribution is -2.46. The van der Waals surface area contributed by atoms with Gasteiger partial charge in [0.25, 0.3) is 0 Å². The zero-order valence-electron chi connectivity index (χ0n) is 14.7. The van der Waals surface area contributed by atoms with Crippen LogP contribution in [0.5, 0.6) is 0 Å². The van der Waals surface area contributed by atoms with E-state index in [1.807, 2.05) is 0 Å². The number of allylic oxidation sites excluding steroid dienone is 1. The molecule has 0 aromatic carbocycles. The van der Waals surface area contributed by atoms with Crippen LogP contribution in [-0.2, 0) is 19.1 Å². The fourth-order valence-electron chi connectivity index (χ4n) is 4.11. The maximum Gasteiger partial charge on any atom is 0.338 e. The second kappa shape index (κ2) is 6.48. The third kappa shape index (κ3) is 2.97. The van der Waals surface area contributed by atoms with Gasteiger partial charge in [-0.1, -0.05) is 13.0 Å². The van der Waals surface area contributed by atoms with Crippen molar-refractivity contribution >= 4 is 11.9 Å². The first-order valence-corrected chi connectivity index (χ1v) is 8.84. The molecule has 3 heterocycles. The third-order valence-electron chi connectivity index (χ3n) is 5.97. The van der Waals surface area contributed by atoms with Gasteiger partial charge < -0.3 is 14.6 Å². The van der Waals surface area contributed by atoms with Gasteiger partial charge in [-0.25, -0.2) is 9.59 Å². The Hall–Kier alpha value is -1.40. The Bertz CT molecular complexity index is 556. The van der Waals surface area contributed by atoms with Crippen LogP contribution in [0.15, 0.2) is 11.6 Å². The van der Waals surface area contributed by atoms with Crippen molar-refractivity contribution in [3.05, 3.63) is 11.6 Å². The van der Waals surface area contributed by atoms with E-state index in [9.17, 15) is 14.7 Å². The fraction of sp³-hybridized carbons (Fsp3) is 0.778. The van der Waals surface area contributed by atoms with E-state index in [1.165, 1.54) is 6.92 Å². The van der Waals surface area contributed by atoms with Crippen molar-refractivity contribution < 1.29 is 24.2 Å². The summed E-state index contributed by atoms with van der Waals surface area (Å²) in [4.78, 5) is 27.3. The summed E-state index contributed by atoms with van der Waals surface area (Å²) in [6.45, 7) is 7.11. The highest BCUT2D eigenvalue weighted by Gasteiger charge is 2.48. The molecular formula is C18H27NO5. The summed E-state index contributed by atoms with van der Waals surface area (Å²) in [7, 11) is 0. The summed E-state index contributed by atoms with van der Waals surface area (Å²) in [6, 6.07) is 0.113. The Balaban J connectivity index is 1.89.